The van der Waals surface area contributed by atoms with Crippen LogP contribution in [0.2, 0.25) is 0 Å². The Morgan fingerprint density at radius 2 is 2.20 bits per heavy atom. The summed E-state index contributed by atoms with van der Waals surface area (Å²) in [5, 5.41) is 11.2. The molecule has 0 aliphatic heterocycles. The molecular formula is C14H14FNO4. The van der Waals surface area contributed by atoms with Gasteiger partial charge in [0, 0.05) is 12.1 Å². The average Bonchev–Trinajstić information content (AvgIpc) is 3.19. The maximum atomic E-state index is 13.7. The van der Waals surface area contributed by atoms with E-state index in [1.54, 1.807) is 0 Å². The number of carbonyl (C=O) groups excluding carboxylic acids is 1. The summed E-state index contributed by atoms with van der Waals surface area (Å²) in [6.07, 6.45) is 4.14. The summed E-state index contributed by atoms with van der Waals surface area (Å²) in [5.41, 5.74) is 0.402. The van der Waals surface area contributed by atoms with E-state index in [9.17, 15) is 14.0 Å². The minimum Gasteiger partial charge on any atom is -0.481 e. The lowest BCUT2D eigenvalue weighted by molar-refractivity contribution is -0.131. The minimum absolute atomic E-state index is 0.0385. The zero-order valence-electron chi connectivity index (χ0n) is 10.6. The molecule has 6 heteroatoms. The summed E-state index contributed by atoms with van der Waals surface area (Å²) in [6, 6.07) is 4.25. The van der Waals surface area contributed by atoms with E-state index >= 15 is 0 Å². The van der Waals surface area contributed by atoms with Crippen molar-refractivity contribution < 1.29 is 23.8 Å². The van der Waals surface area contributed by atoms with E-state index in [2.05, 4.69) is 5.32 Å². The summed E-state index contributed by atoms with van der Waals surface area (Å²) in [4.78, 5) is 21.7. The van der Waals surface area contributed by atoms with Crippen LogP contribution in [-0.4, -0.2) is 29.6 Å². The van der Waals surface area contributed by atoms with Gasteiger partial charge in [-0.25, -0.2) is 9.18 Å². The fourth-order valence-electron chi connectivity index (χ4n) is 1.55. The van der Waals surface area contributed by atoms with Gasteiger partial charge in [0.15, 0.2) is 18.2 Å². The number of carboxylic acid groups (broad SMARTS) is 1. The maximum Gasteiger partial charge on any atom is 0.328 e. The van der Waals surface area contributed by atoms with E-state index in [1.807, 2.05) is 0 Å². The van der Waals surface area contributed by atoms with E-state index < -0.39 is 11.8 Å². The number of hydrogen-bond donors (Lipinski definition) is 2. The lowest BCUT2D eigenvalue weighted by Crippen LogP contribution is -2.30. The van der Waals surface area contributed by atoms with Gasteiger partial charge in [-0.3, -0.25) is 4.79 Å². The van der Waals surface area contributed by atoms with E-state index in [1.165, 1.54) is 18.2 Å². The van der Waals surface area contributed by atoms with Gasteiger partial charge in [-0.15, -0.1) is 0 Å². The lowest BCUT2D eigenvalue weighted by atomic mass is 10.2. The van der Waals surface area contributed by atoms with Crippen molar-refractivity contribution in [2.24, 2.45) is 0 Å². The Balaban J connectivity index is 1.91. The van der Waals surface area contributed by atoms with Gasteiger partial charge in [-0.1, -0.05) is 6.07 Å². The second-order valence-corrected chi connectivity index (χ2v) is 4.49. The van der Waals surface area contributed by atoms with Gasteiger partial charge in [0.05, 0.1) is 0 Å². The van der Waals surface area contributed by atoms with Crippen molar-refractivity contribution in [1.82, 2.24) is 5.32 Å². The molecule has 20 heavy (non-hydrogen) atoms. The number of carbonyl (C=O) groups is 2. The SMILES string of the molecule is O=C(O)/C=C/c1ccc(OCC(=O)NC2CC2)c(F)c1. The molecule has 0 bridgehead atoms. The summed E-state index contributed by atoms with van der Waals surface area (Å²) in [7, 11) is 0. The van der Waals surface area contributed by atoms with Crippen LogP contribution in [0.25, 0.3) is 6.08 Å². The second kappa shape index (κ2) is 6.18. The van der Waals surface area contributed by atoms with Crippen molar-refractivity contribution >= 4 is 18.0 Å². The Bertz CT molecular complexity index is 552. The third-order valence-corrected chi connectivity index (χ3v) is 2.68. The first-order valence-corrected chi connectivity index (χ1v) is 6.17. The molecule has 1 saturated carbocycles. The van der Waals surface area contributed by atoms with E-state index in [4.69, 9.17) is 9.84 Å². The van der Waals surface area contributed by atoms with Crippen LogP contribution in [0.15, 0.2) is 24.3 Å². The largest absolute Gasteiger partial charge is 0.481 e. The van der Waals surface area contributed by atoms with Crippen LogP contribution < -0.4 is 10.1 Å². The number of rotatable bonds is 6. The number of ether oxygens (including phenoxy) is 1. The molecule has 106 valence electrons. The number of benzene rings is 1. The monoisotopic (exact) mass is 279 g/mol. The minimum atomic E-state index is -1.11. The normalized spacial score (nSPS) is 14.2. The molecule has 0 radical (unpaired) electrons. The predicted octanol–water partition coefficient (Wildman–Crippen LogP) is 1.58. The highest BCUT2D eigenvalue weighted by Crippen LogP contribution is 2.20. The Hall–Kier alpha value is -2.37. The molecule has 1 aromatic carbocycles. The molecule has 2 rings (SSSR count). The summed E-state index contributed by atoms with van der Waals surface area (Å²) < 4.78 is 18.7. The number of nitrogens with one attached hydrogen (secondary N) is 1. The van der Waals surface area contributed by atoms with Gasteiger partial charge in [-0.05, 0) is 36.6 Å². The maximum absolute atomic E-state index is 13.7. The van der Waals surface area contributed by atoms with Crippen molar-refractivity contribution in [3.05, 3.63) is 35.7 Å². The first-order chi connectivity index (χ1) is 9.54. The molecule has 1 aliphatic carbocycles. The predicted molar refractivity (Wildman–Crippen MR) is 69.7 cm³/mol. The first kappa shape index (κ1) is 14.0. The van der Waals surface area contributed by atoms with Crippen LogP contribution in [0.4, 0.5) is 4.39 Å². The Kier molecular flexibility index (Phi) is 4.34. The van der Waals surface area contributed by atoms with E-state index in [-0.39, 0.29) is 24.3 Å². The molecular weight excluding hydrogens is 265 g/mol. The molecule has 5 nitrogen and oxygen atoms in total. The molecule has 0 aromatic heterocycles. The highest BCUT2D eigenvalue weighted by atomic mass is 19.1. The van der Waals surface area contributed by atoms with Gasteiger partial charge >= 0.3 is 5.97 Å². The van der Waals surface area contributed by atoms with Crippen LogP contribution in [0.3, 0.4) is 0 Å². The molecule has 0 heterocycles. The van der Waals surface area contributed by atoms with Gasteiger partial charge in [0.25, 0.3) is 5.91 Å². The molecule has 2 N–H and O–H groups in total. The zero-order chi connectivity index (χ0) is 14.5. The number of hydrogen-bond acceptors (Lipinski definition) is 3. The lowest BCUT2D eigenvalue weighted by Gasteiger charge is -2.08. The topological polar surface area (TPSA) is 75.6 Å². The van der Waals surface area contributed by atoms with Crippen molar-refractivity contribution in [2.45, 2.75) is 18.9 Å². The highest BCUT2D eigenvalue weighted by Gasteiger charge is 2.23. The fraction of sp³-hybridized carbons (Fsp3) is 0.286. The molecule has 1 aromatic rings. The molecule has 1 aliphatic rings. The second-order valence-electron chi connectivity index (χ2n) is 4.49. The quantitative estimate of drug-likeness (QED) is 0.775. The highest BCUT2D eigenvalue weighted by molar-refractivity contribution is 5.85. The molecule has 0 spiro atoms. The van der Waals surface area contributed by atoms with E-state index in [0.717, 1.165) is 25.0 Å². The number of amides is 1. The Morgan fingerprint density at radius 1 is 1.45 bits per heavy atom. The van der Waals surface area contributed by atoms with Crippen LogP contribution in [0, 0.1) is 5.82 Å². The van der Waals surface area contributed by atoms with Gasteiger partial charge in [0.1, 0.15) is 0 Å². The van der Waals surface area contributed by atoms with Crippen LogP contribution in [-0.2, 0) is 9.59 Å². The fourth-order valence-corrected chi connectivity index (χ4v) is 1.55. The molecule has 0 atom stereocenters. The molecule has 0 saturated heterocycles. The standard InChI is InChI=1S/C14H14FNO4/c15-11-7-9(2-6-14(18)19)1-5-12(11)20-8-13(17)16-10-3-4-10/h1-2,5-7,10H,3-4,8H2,(H,16,17)(H,18,19)/b6-2+. The molecule has 1 fully saturated rings. The zero-order valence-corrected chi connectivity index (χ0v) is 10.6. The average molecular weight is 279 g/mol. The summed E-state index contributed by atoms with van der Waals surface area (Å²) >= 11 is 0. The third kappa shape index (κ3) is 4.38. The van der Waals surface area contributed by atoms with Gasteiger partial charge in [-0.2, -0.15) is 0 Å². The van der Waals surface area contributed by atoms with Crippen LogP contribution in [0.1, 0.15) is 18.4 Å². The van der Waals surface area contributed by atoms with Gasteiger partial charge in [0.2, 0.25) is 0 Å². The first-order valence-electron chi connectivity index (χ1n) is 6.17. The summed E-state index contributed by atoms with van der Waals surface area (Å²) in [5.74, 6) is -2.07. The Labute approximate surface area is 115 Å². The van der Waals surface area contributed by atoms with E-state index in [0.29, 0.717) is 5.56 Å². The van der Waals surface area contributed by atoms with Crippen LogP contribution >= 0.6 is 0 Å². The van der Waals surface area contributed by atoms with Crippen molar-refractivity contribution in [3.63, 3.8) is 0 Å². The van der Waals surface area contributed by atoms with Crippen molar-refractivity contribution in [2.75, 3.05) is 6.61 Å². The van der Waals surface area contributed by atoms with Crippen LogP contribution in [0.5, 0.6) is 5.75 Å². The third-order valence-electron chi connectivity index (χ3n) is 2.68. The Morgan fingerprint density at radius 3 is 2.80 bits per heavy atom. The van der Waals surface area contributed by atoms with Crippen molar-refractivity contribution in [1.29, 1.82) is 0 Å². The molecule has 1 amide bonds. The van der Waals surface area contributed by atoms with Gasteiger partial charge < -0.3 is 15.2 Å². The smallest absolute Gasteiger partial charge is 0.328 e. The number of aliphatic carboxylic acids is 1. The molecule has 0 unspecified atom stereocenters. The van der Waals surface area contributed by atoms with Crippen molar-refractivity contribution in [3.8, 4) is 5.75 Å². The number of halogens is 1. The summed E-state index contributed by atoms with van der Waals surface area (Å²) in [6.45, 7) is -0.238. The number of carboxylic acids is 1.